The van der Waals surface area contributed by atoms with Crippen molar-refractivity contribution >= 4 is 33.6 Å². The number of methoxy groups -OCH3 is 1. The third kappa shape index (κ3) is 6.24. The van der Waals surface area contributed by atoms with E-state index >= 15 is 0 Å². The number of nitrogens with one attached hydrogen (secondary N) is 1. The maximum absolute atomic E-state index is 12.7. The molecule has 0 saturated heterocycles. The van der Waals surface area contributed by atoms with E-state index in [1.807, 2.05) is 69.3 Å². The molecule has 0 fully saturated rings. The highest BCUT2D eigenvalue weighted by Gasteiger charge is 2.15. The largest absolute Gasteiger partial charge is 0.493 e. The summed E-state index contributed by atoms with van der Waals surface area (Å²) in [6.07, 6.45) is 1.53. The minimum atomic E-state index is -0.471. The second-order valence-corrected chi connectivity index (χ2v) is 8.61. The van der Waals surface area contributed by atoms with Gasteiger partial charge in [0, 0.05) is 5.69 Å². The Morgan fingerprint density at radius 2 is 1.76 bits per heavy atom. The van der Waals surface area contributed by atoms with Crippen LogP contribution in [0.2, 0.25) is 0 Å². The molecule has 0 unspecified atom stereocenters. The van der Waals surface area contributed by atoms with Crippen molar-refractivity contribution in [3.8, 4) is 17.6 Å². The summed E-state index contributed by atoms with van der Waals surface area (Å²) in [7, 11) is 1.55. The summed E-state index contributed by atoms with van der Waals surface area (Å²) in [5.74, 6) is 0.574. The van der Waals surface area contributed by atoms with Gasteiger partial charge in [0.05, 0.1) is 11.6 Å². The number of nitrogens with zero attached hydrogens (tertiary/aromatic N) is 1. The van der Waals surface area contributed by atoms with Gasteiger partial charge in [0.15, 0.2) is 11.5 Å². The Hall–Kier alpha value is -3.56. The SMILES string of the molecule is COc1cc(/C=C(/C#N)C(=O)Nc2cc(C)ccc2C)cc(Br)c1OCc1ccc(C)cc1. The van der Waals surface area contributed by atoms with Gasteiger partial charge in [-0.05, 0) is 83.2 Å². The summed E-state index contributed by atoms with van der Waals surface area (Å²) in [4.78, 5) is 12.7. The van der Waals surface area contributed by atoms with Gasteiger partial charge in [-0.25, -0.2) is 0 Å². The second kappa shape index (κ2) is 10.8. The number of amides is 1. The molecule has 0 spiro atoms. The summed E-state index contributed by atoms with van der Waals surface area (Å²) in [5, 5.41) is 12.4. The molecule has 0 atom stereocenters. The van der Waals surface area contributed by atoms with Crippen LogP contribution >= 0.6 is 15.9 Å². The van der Waals surface area contributed by atoms with Crippen molar-refractivity contribution in [2.75, 3.05) is 12.4 Å². The van der Waals surface area contributed by atoms with Crippen LogP contribution in [0.5, 0.6) is 11.5 Å². The maximum Gasteiger partial charge on any atom is 0.266 e. The fourth-order valence-corrected chi connectivity index (χ4v) is 3.75. The van der Waals surface area contributed by atoms with Crippen molar-refractivity contribution in [1.82, 2.24) is 0 Å². The number of hydrogen-bond donors (Lipinski definition) is 1. The average molecular weight is 505 g/mol. The Bertz CT molecular complexity index is 1240. The van der Waals surface area contributed by atoms with Gasteiger partial charge < -0.3 is 14.8 Å². The van der Waals surface area contributed by atoms with E-state index in [1.165, 1.54) is 11.6 Å². The van der Waals surface area contributed by atoms with Crippen LogP contribution in [0.25, 0.3) is 6.08 Å². The molecule has 3 rings (SSSR count). The molecule has 0 saturated carbocycles. The first-order valence-corrected chi connectivity index (χ1v) is 11.2. The molecule has 168 valence electrons. The molecule has 0 aliphatic heterocycles. The monoisotopic (exact) mass is 504 g/mol. The number of aryl methyl sites for hydroxylation is 3. The zero-order chi connectivity index (χ0) is 24.0. The van der Waals surface area contributed by atoms with E-state index in [9.17, 15) is 10.1 Å². The van der Waals surface area contributed by atoms with E-state index in [1.54, 1.807) is 19.2 Å². The number of halogens is 1. The Labute approximate surface area is 202 Å². The first kappa shape index (κ1) is 24.1. The minimum Gasteiger partial charge on any atom is -0.493 e. The number of anilines is 1. The summed E-state index contributed by atoms with van der Waals surface area (Å²) in [5.41, 5.74) is 5.46. The molecule has 0 aliphatic rings. The molecule has 0 aliphatic carbocycles. The standard InChI is InChI=1S/C27H25BrN2O3/c1-17-6-9-20(10-7-17)16-33-26-23(28)13-21(14-25(26)32-4)12-22(15-29)27(31)30-24-11-18(2)5-8-19(24)3/h5-14H,16H2,1-4H3,(H,30,31)/b22-12-. The van der Waals surface area contributed by atoms with Gasteiger partial charge in [-0.15, -0.1) is 0 Å². The lowest BCUT2D eigenvalue weighted by molar-refractivity contribution is -0.112. The first-order chi connectivity index (χ1) is 15.8. The number of carbonyl (C=O) groups excluding carboxylic acids is 1. The molecule has 0 radical (unpaired) electrons. The third-order valence-electron chi connectivity index (χ3n) is 5.07. The highest BCUT2D eigenvalue weighted by Crippen LogP contribution is 2.38. The Morgan fingerprint density at radius 3 is 2.42 bits per heavy atom. The van der Waals surface area contributed by atoms with Crippen LogP contribution in [0, 0.1) is 32.1 Å². The number of hydrogen-bond acceptors (Lipinski definition) is 4. The molecule has 3 aromatic carbocycles. The fraction of sp³-hybridized carbons (Fsp3) is 0.185. The van der Waals surface area contributed by atoms with Gasteiger partial charge in [0.2, 0.25) is 0 Å². The van der Waals surface area contributed by atoms with Crippen molar-refractivity contribution in [2.24, 2.45) is 0 Å². The molecule has 33 heavy (non-hydrogen) atoms. The van der Waals surface area contributed by atoms with Crippen molar-refractivity contribution in [1.29, 1.82) is 5.26 Å². The van der Waals surface area contributed by atoms with E-state index in [4.69, 9.17) is 9.47 Å². The minimum absolute atomic E-state index is 0.0156. The number of carbonyl (C=O) groups is 1. The predicted molar refractivity (Wildman–Crippen MR) is 134 cm³/mol. The fourth-order valence-electron chi connectivity index (χ4n) is 3.18. The van der Waals surface area contributed by atoms with Crippen molar-refractivity contribution < 1.29 is 14.3 Å². The van der Waals surface area contributed by atoms with Gasteiger partial charge >= 0.3 is 0 Å². The zero-order valence-electron chi connectivity index (χ0n) is 19.0. The molecular weight excluding hydrogens is 480 g/mol. The van der Waals surface area contributed by atoms with Crippen LogP contribution in [-0.2, 0) is 11.4 Å². The average Bonchev–Trinajstić information content (AvgIpc) is 2.79. The van der Waals surface area contributed by atoms with Crippen LogP contribution in [-0.4, -0.2) is 13.0 Å². The Kier molecular flexibility index (Phi) is 7.92. The lowest BCUT2D eigenvalue weighted by Crippen LogP contribution is -2.14. The Balaban J connectivity index is 1.83. The lowest BCUT2D eigenvalue weighted by atomic mass is 10.1. The van der Waals surface area contributed by atoms with E-state index < -0.39 is 5.91 Å². The molecule has 3 aromatic rings. The maximum atomic E-state index is 12.7. The van der Waals surface area contributed by atoms with E-state index in [-0.39, 0.29) is 5.57 Å². The zero-order valence-corrected chi connectivity index (χ0v) is 20.6. The van der Waals surface area contributed by atoms with Gasteiger partial charge in [-0.2, -0.15) is 5.26 Å². The van der Waals surface area contributed by atoms with Crippen molar-refractivity contribution in [2.45, 2.75) is 27.4 Å². The summed E-state index contributed by atoms with van der Waals surface area (Å²) >= 11 is 3.53. The normalized spacial score (nSPS) is 11.0. The first-order valence-electron chi connectivity index (χ1n) is 10.4. The van der Waals surface area contributed by atoms with Crippen LogP contribution in [0.3, 0.4) is 0 Å². The number of benzene rings is 3. The molecular formula is C27H25BrN2O3. The molecule has 6 heteroatoms. The predicted octanol–water partition coefficient (Wildman–Crippen LogP) is 6.51. The van der Waals surface area contributed by atoms with Crippen LogP contribution in [0.15, 0.2) is 64.6 Å². The highest BCUT2D eigenvalue weighted by atomic mass is 79.9. The molecule has 5 nitrogen and oxygen atoms in total. The quantitative estimate of drug-likeness (QED) is 0.294. The van der Waals surface area contributed by atoms with Crippen LogP contribution in [0.4, 0.5) is 5.69 Å². The smallest absolute Gasteiger partial charge is 0.266 e. The highest BCUT2D eigenvalue weighted by molar-refractivity contribution is 9.10. The summed E-state index contributed by atoms with van der Waals surface area (Å²) in [6.45, 7) is 6.27. The number of ether oxygens (including phenoxy) is 2. The van der Waals surface area contributed by atoms with Crippen LogP contribution < -0.4 is 14.8 Å². The van der Waals surface area contributed by atoms with E-state index in [0.717, 1.165) is 16.7 Å². The number of rotatable bonds is 7. The molecule has 0 bridgehead atoms. The summed E-state index contributed by atoms with van der Waals surface area (Å²) < 4.78 is 12.2. The molecule has 0 aromatic heterocycles. The third-order valence-corrected chi connectivity index (χ3v) is 5.66. The molecule has 1 amide bonds. The molecule has 1 N–H and O–H groups in total. The lowest BCUT2D eigenvalue weighted by Gasteiger charge is -2.14. The van der Waals surface area contributed by atoms with Gasteiger partial charge in [-0.3, -0.25) is 4.79 Å². The van der Waals surface area contributed by atoms with Gasteiger partial charge in [0.1, 0.15) is 18.2 Å². The van der Waals surface area contributed by atoms with Gasteiger partial charge in [0.25, 0.3) is 5.91 Å². The Morgan fingerprint density at radius 1 is 1.06 bits per heavy atom. The van der Waals surface area contributed by atoms with Crippen LogP contribution in [0.1, 0.15) is 27.8 Å². The number of nitriles is 1. The summed E-state index contributed by atoms with van der Waals surface area (Å²) in [6, 6.07) is 19.4. The molecule has 0 heterocycles. The topological polar surface area (TPSA) is 71.3 Å². The van der Waals surface area contributed by atoms with Crippen molar-refractivity contribution in [3.05, 3.63) is 92.5 Å². The van der Waals surface area contributed by atoms with E-state index in [0.29, 0.717) is 33.8 Å². The van der Waals surface area contributed by atoms with Crippen molar-refractivity contribution in [3.63, 3.8) is 0 Å². The second-order valence-electron chi connectivity index (χ2n) is 7.75. The van der Waals surface area contributed by atoms with Gasteiger partial charge in [-0.1, -0.05) is 42.0 Å². The van der Waals surface area contributed by atoms with E-state index in [2.05, 4.69) is 21.2 Å².